The Bertz CT molecular complexity index is 1170. The van der Waals surface area contributed by atoms with E-state index in [0.29, 0.717) is 6.04 Å². The van der Waals surface area contributed by atoms with Crippen molar-refractivity contribution in [1.29, 1.82) is 0 Å². The first-order chi connectivity index (χ1) is 17.1. The Morgan fingerprint density at radius 3 is 1.86 bits per heavy atom. The zero-order valence-electron chi connectivity index (χ0n) is 21.1. The summed E-state index contributed by atoms with van der Waals surface area (Å²) < 4.78 is 0. The van der Waals surface area contributed by atoms with Crippen molar-refractivity contribution in [3.8, 4) is 11.4 Å². The van der Waals surface area contributed by atoms with Gasteiger partial charge in [0.05, 0.1) is 17.8 Å². The van der Waals surface area contributed by atoms with Crippen molar-refractivity contribution in [3.05, 3.63) is 113 Å². The molecule has 0 radical (unpaired) electrons. The van der Waals surface area contributed by atoms with Crippen LogP contribution in [0.15, 0.2) is 84.9 Å². The minimum Gasteiger partial charge on any atom is -0.342 e. The van der Waals surface area contributed by atoms with E-state index < -0.39 is 0 Å². The molecule has 1 unspecified atom stereocenters. The fourth-order valence-corrected chi connectivity index (χ4v) is 5.33. The van der Waals surface area contributed by atoms with E-state index in [1.807, 2.05) is 0 Å². The largest absolute Gasteiger partial charge is 0.342 e. The summed E-state index contributed by atoms with van der Waals surface area (Å²) >= 11 is 0. The maximum absolute atomic E-state index is 5.09. The average molecular weight is 465 g/mol. The zero-order chi connectivity index (χ0) is 24.2. The topological polar surface area (TPSA) is 35.2 Å². The third kappa shape index (κ3) is 5.09. The summed E-state index contributed by atoms with van der Waals surface area (Å²) in [5.41, 5.74) is 7.60. The Kier molecular flexibility index (Phi) is 7.12. The van der Waals surface area contributed by atoms with Crippen LogP contribution in [-0.2, 0) is 6.42 Å². The van der Waals surface area contributed by atoms with Gasteiger partial charge in [-0.1, -0.05) is 97.4 Å². The number of H-pyrrole nitrogens is 1. The van der Waals surface area contributed by atoms with Crippen LogP contribution < -0.4 is 0 Å². The van der Waals surface area contributed by atoms with Gasteiger partial charge in [0.1, 0.15) is 5.82 Å². The quantitative estimate of drug-likeness (QED) is 0.343. The van der Waals surface area contributed by atoms with Gasteiger partial charge in [-0.15, -0.1) is 0 Å². The molecule has 1 aliphatic heterocycles. The van der Waals surface area contributed by atoms with Crippen LogP contribution in [0.3, 0.4) is 0 Å². The first-order valence-corrected chi connectivity index (χ1v) is 12.9. The Morgan fingerprint density at radius 2 is 1.31 bits per heavy atom. The number of nitrogens with one attached hydrogen (secondary N) is 1. The molecule has 3 aromatic carbocycles. The normalized spacial score (nSPS) is 16.0. The Hall–Kier alpha value is -3.21. The molecule has 0 aliphatic carbocycles. The van der Waals surface area contributed by atoms with Crippen molar-refractivity contribution < 1.29 is 0 Å². The molecule has 0 bridgehead atoms. The van der Waals surface area contributed by atoms with Crippen molar-refractivity contribution in [2.24, 2.45) is 0 Å². The number of hydrogen-bond acceptors (Lipinski definition) is 3. The van der Waals surface area contributed by atoms with Gasteiger partial charge in [-0.2, -0.15) is 0 Å². The fourth-order valence-electron chi connectivity index (χ4n) is 5.33. The summed E-state index contributed by atoms with van der Waals surface area (Å²) in [6.07, 6.45) is 0.961. The second kappa shape index (κ2) is 10.6. The summed E-state index contributed by atoms with van der Waals surface area (Å²) in [6, 6.07) is 31.1. The van der Waals surface area contributed by atoms with Gasteiger partial charge in [0.2, 0.25) is 0 Å². The molecule has 2 heterocycles. The van der Waals surface area contributed by atoms with E-state index in [-0.39, 0.29) is 6.04 Å². The highest BCUT2D eigenvalue weighted by Gasteiger charge is 2.30. The van der Waals surface area contributed by atoms with E-state index in [0.717, 1.165) is 44.0 Å². The Balaban J connectivity index is 1.33. The lowest BCUT2D eigenvalue weighted by Crippen LogP contribution is -2.48. The van der Waals surface area contributed by atoms with Gasteiger partial charge in [-0.05, 0) is 31.4 Å². The van der Waals surface area contributed by atoms with Crippen LogP contribution in [0.25, 0.3) is 11.4 Å². The average Bonchev–Trinajstić information content (AvgIpc) is 3.35. The molecular weight excluding hydrogens is 428 g/mol. The van der Waals surface area contributed by atoms with Crippen molar-refractivity contribution in [2.45, 2.75) is 39.3 Å². The van der Waals surface area contributed by atoms with Crippen molar-refractivity contribution in [3.63, 3.8) is 0 Å². The second-order valence-corrected chi connectivity index (χ2v) is 9.64. The molecule has 35 heavy (non-hydrogen) atoms. The number of nitrogens with zero attached hydrogens (tertiary/aromatic N) is 3. The minimum atomic E-state index is 0.287. The lowest BCUT2D eigenvalue weighted by Gasteiger charge is -2.41. The second-order valence-electron chi connectivity index (χ2n) is 9.64. The number of imidazole rings is 1. The van der Waals surface area contributed by atoms with Crippen LogP contribution >= 0.6 is 0 Å². The lowest BCUT2D eigenvalue weighted by molar-refractivity contribution is 0.0825. The van der Waals surface area contributed by atoms with Gasteiger partial charge in [0, 0.05) is 37.4 Å². The maximum Gasteiger partial charge on any atom is 0.137 e. The van der Waals surface area contributed by atoms with Gasteiger partial charge < -0.3 is 4.98 Å². The fraction of sp³-hybridized carbons (Fsp3) is 0.323. The van der Waals surface area contributed by atoms with Gasteiger partial charge in [0.25, 0.3) is 0 Å². The molecule has 0 spiro atoms. The molecule has 4 aromatic rings. The molecule has 1 aromatic heterocycles. The first-order valence-electron chi connectivity index (χ1n) is 12.9. The highest BCUT2D eigenvalue weighted by Crippen LogP contribution is 2.32. The number of aromatic amines is 1. The zero-order valence-corrected chi connectivity index (χ0v) is 21.1. The van der Waals surface area contributed by atoms with Crippen LogP contribution in [0, 0.1) is 6.92 Å². The summed E-state index contributed by atoms with van der Waals surface area (Å²) in [4.78, 5) is 13.9. The standard InChI is InChI=1S/C31H36N4/c1-4-28-29(33-31(32-28)27-17-15-23(2)16-18-27)24(3)34-19-21-35(22-20-34)30(25-11-7-5-8-12-25)26-13-9-6-10-14-26/h5-18,24,30H,4,19-22H2,1-3H3,(H,32,33). The van der Waals surface area contributed by atoms with Gasteiger partial charge in [0.15, 0.2) is 0 Å². The van der Waals surface area contributed by atoms with E-state index in [9.17, 15) is 0 Å². The molecule has 1 N–H and O–H groups in total. The molecule has 1 aliphatic rings. The summed E-state index contributed by atoms with van der Waals surface area (Å²) in [5, 5.41) is 0. The first kappa shape index (κ1) is 23.5. The van der Waals surface area contributed by atoms with Gasteiger partial charge >= 0.3 is 0 Å². The number of hydrogen-bond donors (Lipinski definition) is 1. The molecule has 4 nitrogen and oxygen atoms in total. The molecule has 1 fully saturated rings. The van der Waals surface area contributed by atoms with Crippen LogP contribution in [0.5, 0.6) is 0 Å². The minimum absolute atomic E-state index is 0.287. The molecule has 1 atom stereocenters. The summed E-state index contributed by atoms with van der Waals surface area (Å²) in [5.74, 6) is 0.982. The number of aromatic nitrogens is 2. The monoisotopic (exact) mass is 464 g/mol. The Labute approximate surface area is 209 Å². The third-order valence-electron chi connectivity index (χ3n) is 7.38. The summed E-state index contributed by atoms with van der Waals surface area (Å²) in [7, 11) is 0. The highest BCUT2D eigenvalue weighted by atomic mass is 15.3. The molecule has 0 amide bonds. The van der Waals surface area contributed by atoms with E-state index >= 15 is 0 Å². The SMILES string of the molecule is CCc1[nH]c(-c2ccc(C)cc2)nc1C(C)N1CCN(C(c2ccccc2)c2ccccc2)CC1. The molecule has 4 heteroatoms. The van der Waals surface area contributed by atoms with Crippen LogP contribution in [0.1, 0.15) is 54.0 Å². The smallest absolute Gasteiger partial charge is 0.137 e. The van der Waals surface area contributed by atoms with E-state index in [1.165, 1.54) is 28.1 Å². The predicted molar refractivity (Wildman–Crippen MR) is 144 cm³/mol. The van der Waals surface area contributed by atoms with E-state index in [4.69, 9.17) is 4.98 Å². The number of benzene rings is 3. The number of piperazine rings is 1. The van der Waals surface area contributed by atoms with Crippen LogP contribution in [0.2, 0.25) is 0 Å². The van der Waals surface area contributed by atoms with Crippen LogP contribution in [0.4, 0.5) is 0 Å². The van der Waals surface area contributed by atoms with Crippen molar-refractivity contribution in [2.75, 3.05) is 26.2 Å². The van der Waals surface area contributed by atoms with Gasteiger partial charge in [-0.25, -0.2) is 4.98 Å². The number of aryl methyl sites for hydroxylation is 2. The van der Waals surface area contributed by atoms with Gasteiger partial charge in [-0.3, -0.25) is 9.80 Å². The Morgan fingerprint density at radius 1 is 0.771 bits per heavy atom. The number of rotatable bonds is 7. The van der Waals surface area contributed by atoms with Crippen LogP contribution in [-0.4, -0.2) is 45.9 Å². The molecule has 180 valence electrons. The lowest BCUT2D eigenvalue weighted by atomic mass is 9.96. The maximum atomic E-state index is 5.09. The summed E-state index contributed by atoms with van der Waals surface area (Å²) in [6.45, 7) is 10.8. The molecular formula is C31H36N4. The van der Waals surface area contributed by atoms with Crippen molar-refractivity contribution in [1.82, 2.24) is 19.8 Å². The highest BCUT2D eigenvalue weighted by molar-refractivity contribution is 5.56. The van der Waals surface area contributed by atoms with Crippen molar-refractivity contribution >= 4 is 0 Å². The molecule has 0 saturated carbocycles. The molecule has 5 rings (SSSR count). The predicted octanol–water partition coefficient (Wildman–Crippen LogP) is 6.42. The third-order valence-corrected chi connectivity index (χ3v) is 7.38. The van der Waals surface area contributed by atoms with E-state index in [1.54, 1.807) is 0 Å². The van der Waals surface area contributed by atoms with E-state index in [2.05, 4.69) is 120 Å². The molecule has 1 saturated heterocycles.